The predicted molar refractivity (Wildman–Crippen MR) is 78.4 cm³/mol. The summed E-state index contributed by atoms with van der Waals surface area (Å²) in [5.41, 5.74) is -6.35. The molecule has 0 aliphatic rings. The average molecular weight is 373 g/mol. The summed E-state index contributed by atoms with van der Waals surface area (Å²) in [5, 5.41) is 1.67. The van der Waals surface area contributed by atoms with Crippen molar-refractivity contribution in [2.75, 3.05) is 5.32 Å². The molecule has 2 nitrogen and oxygen atoms in total. The number of nitrogens with one attached hydrogen (secondary N) is 1. The number of carbonyl (C=O) groups is 1. The van der Waals surface area contributed by atoms with Gasteiger partial charge in [0.05, 0.1) is 0 Å². The lowest BCUT2D eigenvalue weighted by molar-refractivity contribution is -0.330. The molecule has 0 aliphatic heterocycles. The van der Waals surface area contributed by atoms with Gasteiger partial charge in [0, 0.05) is 5.69 Å². The monoisotopic (exact) mass is 373 g/mol. The molecule has 1 aromatic rings. The minimum Gasteiger partial charge on any atom is -0.325 e. The van der Waals surface area contributed by atoms with E-state index in [1.807, 2.05) is 0 Å². The number of hydrogen-bond donors (Lipinski definition) is 1. The molecule has 0 heterocycles. The van der Waals surface area contributed by atoms with Crippen molar-refractivity contribution in [1.29, 1.82) is 0 Å². The Morgan fingerprint density at radius 3 is 1.84 bits per heavy atom. The predicted octanol–water partition coefficient (Wildman–Crippen LogP) is 5.62. The lowest BCUT2D eigenvalue weighted by Crippen LogP contribution is -2.59. The number of aryl methyl sites for hydroxylation is 1. The van der Waals surface area contributed by atoms with E-state index < -0.39 is 41.3 Å². The summed E-state index contributed by atoms with van der Waals surface area (Å²) >= 11 is 0. The number of alkyl halides is 6. The highest BCUT2D eigenvalue weighted by Gasteiger charge is 2.75. The van der Waals surface area contributed by atoms with E-state index in [0.29, 0.717) is 0 Å². The quantitative estimate of drug-likeness (QED) is 0.685. The molecule has 0 aliphatic carbocycles. The third-order valence-electron chi connectivity index (χ3n) is 3.59. The first kappa shape index (κ1) is 21.2. The fourth-order valence-electron chi connectivity index (χ4n) is 2.49. The Balaban J connectivity index is 3.47. The zero-order chi connectivity index (χ0) is 19.8. The van der Waals surface area contributed by atoms with E-state index in [1.165, 1.54) is 27.7 Å². The molecule has 1 amide bonds. The summed E-state index contributed by atoms with van der Waals surface area (Å²) in [6.45, 7) is 4.78. The maximum absolute atomic E-state index is 13.5. The van der Waals surface area contributed by atoms with E-state index in [4.69, 9.17) is 0 Å². The van der Waals surface area contributed by atoms with Crippen LogP contribution in [0.2, 0.25) is 0 Å². The second kappa shape index (κ2) is 6.49. The summed E-state index contributed by atoms with van der Waals surface area (Å²) in [7, 11) is 0. The Labute approximate surface area is 140 Å². The van der Waals surface area contributed by atoms with Gasteiger partial charge in [0.1, 0.15) is 5.82 Å². The number of carbonyl (C=O) groups excluding carboxylic acids is 1. The van der Waals surface area contributed by atoms with Crippen LogP contribution in [0.4, 0.5) is 36.4 Å². The fraction of sp³-hybridized carbons (Fsp3) is 0.562. The standard InChI is InChI=1S/C16H18F7NO/c1-9-7-10(17)5-6-11(9)24-12(25)14(15(18,19)20,16(21,22)23)8-13(2,3)4/h5-7H,8H2,1-4H3,(H,24,25). The van der Waals surface area contributed by atoms with Gasteiger partial charge in [-0.3, -0.25) is 4.79 Å². The zero-order valence-corrected chi connectivity index (χ0v) is 14.0. The van der Waals surface area contributed by atoms with Gasteiger partial charge in [-0.2, -0.15) is 26.3 Å². The van der Waals surface area contributed by atoms with Crippen molar-refractivity contribution in [3.05, 3.63) is 29.6 Å². The van der Waals surface area contributed by atoms with Crippen LogP contribution in [-0.4, -0.2) is 18.3 Å². The Morgan fingerprint density at radius 1 is 1.00 bits per heavy atom. The Morgan fingerprint density at radius 2 is 1.48 bits per heavy atom. The van der Waals surface area contributed by atoms with Crippen LogP contribution in [-0.2, 0) is 4.79 Å². The van der Waals surface area contributed by atoms with Crippen molar-refractivity contribution in [3.8, 4) is 0 Å². The summed E-state index contributed by atoms with van der Waals surface area (Å²) in [6.07, 6.45) is -13.2. The molecule has 9 heteroatoms. The molecule has 0 bridgehead atoms. The molecule has 0 spiro atoms. The van der Waals surface area contributed by atoms with Gasteiger partial charge in [0.15, 0.2) is 0 Å². The number of halogens is 7. The van der Waals surface area contributed by atoms with Crippen molar-refractivity contribution >= 4 is 11.6 Å². The van der Waals surface area contributed by atoms with Gasteiger partial charge in [-0.1, -0.05) is 20.8 Å². The molecule has 1 N–H and O–H groups in total. The highest BCUT2D eigenvalue weighted by Crippen LogP contribution is 2.56. The van der Waals surface area contributed by atoms with Crippen molar-refractivity contribution < 1.29 is 35.5 Å². The lowest BCUT2D eigenvalue weighted by Gasteiger charge is -2.39. The van der Waals surface area contributed by atoms with Crippen LogP contribution in [0.25, 0.3) is 0 Å². The van der Waals surface area contributed by atoms with E-state index in [0.717, 1.165) is 18.2 Å². The lowest BCUT2D eigenvalue weighted by atomic mass is 9.71. The molecule has 0 fully saturated rings. The second-order valence-electron chi connectivity index (χ2n) is 7.05. The molecule has 0 atom stereocenters. The summed E-state index contributed by atoms with van der Waals surface area (Å²) in [4.78, 5) is 12.2. The molecule has 0 radical (unpaired) electrons. The van der Waals surface area contributed by atoms with Gasteiger partial charge in [-0.15, -0.1) is 0 Å². The van der Waals surface area contributed by atoms with Crippen molar-refractivity contribution in [2.45, 2.75) is 46.5 Å². The third kappa shape index (κ3) is 4.43. The van der Waals surface area contributed by atoms with E-state index in [2.05, 4.69) is 0 Å². The van der Waals surface area contributed by atoms with Crippen LogP contribution in [0.15, 0.2) is 18.2 Å². The van der Waals surface area contributed by atoms with Crippen molar-refractivity contribution in [3.63, 3.8) is 0 Å². The van der Waals surface area contributed by atoms with Crippen LogP contribution in [0.3, 0.4) is 0 Å². The minimum absolute atomic E-state index is 0.00218. The Hall–Kier alpha value is -1.80. The van der Waals surface area contributed by atoms with Gasteiger partial charge < -0.3 is 5.32 Å². The molecule has 142 valence electrons. The topological polar surface area (TPSA) is 29.1 Å². The summed E-state index contributed by atoms with van der Waals surface area (Å²) < 4.78 is 93.9. The smallest absolute Gasteiger partial charge is 0.325 e. The maximum Gasteiger partial charge on any atom is 0.412 e. The van der Waals surface area contributed by atoms with Crippen molar-refractivity contribution in [2.24, 2.45) is 10.8 Å². The van der Waals surface area contributed by atoms with Gasteiger partial charge in [0.25, 0.3) is 0 Å². The summed E-state index contributed by atoms with van der Waals surface area (Å²) in [5.74, 6) is -2.97. The van der Waals surface area contributed by atoms with Crippen LogP contribution >= 0.6 is 0 Å². The zero-order valence-electron chi connectivity index (χ0n) is 14.0. The normalized spacial score (nSPS) is 13.7. The van der Waals surface area contributed by atoms with Gasteiger partial charge in [0.2, 0.25) is 11.3 Å². The molecule has 0 saturated carbocycles. The molecule has 1 aromatic carbocycles. The molecule has 1 rings (SSSR count). The van der Waals surface area contributed by atoms with Crippen LogP contribution < -0.4 is 5.32 Å². The number of amides is 1. The molecule has 0 saturated heterocycles. The van der Waals surface area contributed by atoms with Crippen LogP contribution in [0.1, 0.15) is 32.8 Å². The third-order valence-corrected chi connectivity index (χ3v) is 3.59. The summed E-state index contributed by atoms with van der Waals surface area (Å²) in [6, 6.07) is 2.63. The van der Waals surface area contributed by atoms with Crippen molar-refractivity contribution in [1.82, 2.24) is 0 Å². The van der Waals surface area contributed by atoms with E-state index in [-0.39, 0.29) is 11.3 Å². The Kier molecular flexibility index (Phi) is 5.52. The highest BCUT2D eigenvalue weighted by atomic mass is 19.4. The molecule has 0 unspecified atom stereocenters. The molecular formula is C16H18F7NO. The molecule has 25 heavy (non-hydrogen) atoms. The maximum atomic E-state index is 13.5. The number of rotatable bonds is 3. The molecule has 0 aromatic heterocycles. The number of anilines is 1. The number of hydrogen-bond acceptors (Lipinski definition) is 1. The number of benzene rings is 1. The van der Waals surface area contributed by atoms with Crippen LogP contribution in [0.5, 0.6) is 0 Å². The van der Waals surface area contributed by atoms with E-state index >= 15 is 0 Å². The first-order chi connectivity index (χ1) is 11.0. The van der Waals surface area contributed by atoms with Gasteiger partial charge in [-0.05, 0) is 42.5 Å². The largest absolute Gasteiger partial charge is 0.412 e. The molecular weight excluding hydrogens is 355 g/mol. The second-order valence-corrected chi connectivity index (χ2v) is 7.05. The Bertz CT molecular complexity index is 627. The fourth-order valence-corrected chi connectivity index (χ4v) is 2.49. The van der Waals surface area contributed by atoms with E-state index in [1.54, 1.807) is 5.32 Å². The average Bonchev–Trinajstić information content (AvgIpc) is 2.35. The van der Waals surface area contributed by atoms with E-state index in [9.17, 15) is 35.5 Å². The SMILES string of the molecule is Cc1cc(F)ccc1NC(=O)C(CC(C)(C)C)(C(F)(F)F)C(F)(F)F. The van der Waals surface area contributed by atoms with Gasteiger partial charge >= 0.3 is 12.4 Å². The first-order valence-electron chi connectivity index (χ1n) is 7.22. The van der Waals surface area contributed by atoms with Gasteiger partial charge in [-0.25, -0.2) is 4.39 Å². The van der Waals surface area contributed by atoms with Crippen LogP contribution in [0, 0.1) is 23.6 Å². The highest BCUT2D eigenvalue weighted by molar-refractivity contribution is 5.97. The minimum atomic E-state index is -5.86. The first-order valence-corrected chi connectivity index (χ1v) is 7.22.